The molecule has 0 bridgehead atoms. The number of fused-ring (bicyclic) bond motifs is 2. The summed E-state index contributed by atoms with van der Waals surface area (Å²) in [4.78, 5) is 0. The molecule has 0 spiro atoms. The maximum atomic E-state index is 5.88. The molecular weight excluding hydrogens is 407 g/mol. The topological polar surface area (TPSA) is 13.1 Å². The van der Waals surface area contributed by atoms with Crippen LogP contribution >= 0.6 is 0 Å². The molecule has 0 N–H and O–H groups in total. The molecule has 2 heteroatoms. The predicted octanol–water partition coefficient (Wildman–Crippen LogP) is 6.46. The van der Waals surface area contributed by atoms with E-state index in [9.17, 15) is 0 Å². The van der Waals surface area contributed by atoms with Gasteiger partial charge in [0, 0.05) is 38.2 Å². The molecule has 1 nitrogen and oxygen atoms in total. The second-order valence-corrected chi connectivity index (χ2v) is 7.78. The van der Waals surface area contributed by atoms with E-state index in [1.165, 1.54) is 63.8 Å². The molecule has 27 heavy (non-hydrogen) atoms. The SMILES string of the molecule is Cc1cc(C)cc(-c2c3c(cc4c2CCC4)[CH]C(c2ccc(C)o2)=C3)c1.[Zr]. The molecule has 0 atom stereocenters. The minimum absolute atomic E-state index is 0. The average Bonchev–Trinajstić information content (AvgIpc) is 3.29. The first-order valence-electron chi connectivity index (χ1n) is 9.49. The van der Waals surface area contributed by atoms with Crippen molar-refractivity contribution >= 4 is 11.6 Å². The Kier molecular flexibility index (Phi) is 4.89. The summed E-state index contributed by atoms with van der Waals surface area (Å²) >= 11 is 0. The van der Waals surface area contributed by atoms with Crippen molar-refractivity contribution in [1.82, 2.24) is 0 Å². The Labute approximate surface area is 180 Å². The summed E-state index contributed by atoms with van der Waals surface area (Å²) in [6, 6.07) is 13.5. The molecule has 1 radical (unpaired) electrons. The molecule has 2 aromatic carbocycles. The third kappa shape index (κ3) is 3.23. The number of rotatable bonds is 2. The quantitative estimate of drug-likeness (QED) is 0.454. The van der Waals surface area contributed by atoms with E-state index in [4.69, 9.17) is 4.42 Å². The number of hydrogen-bond donors (Lipinski definition) is 0. The van der Waals surface area contributed by atoms with Crippen molar-refractivity contribution in [2.45, 2.75) is 40.0 Å². The van der Waals surface area contributed by atoms with Crippen LogP contribution in [0.1, 0.15) is 51.3 Å². The number of aryl methyl sites for hydroxylation is 4. The molecule has 0 fully saturated rings. The van der Waals surface area contributed by atoms with E-state index in [0.29, 0.717) is 0 Å². The second-order valence-electron chi connectivity index (χ2n) is 7.78. The van der Waals surface area contributed by atoms with Crippen molar-refractivity contribution in [3.8, 4) is 11.1 Å². The Balaban J connectivity index is 0.00000180. The van der Waals surface area contributed by atoms with Gasteiger partial charge in [-0.05, 0) is 91.6 Å². The monoisotopic (exact) mass is 429 g/mol. The van der Waals surface area contributed by atoms with Crippen LogP contribution in [0.2, 0.25) is 0 Å². The number of furan rings is 1. The third-order valence-electron chi connectivity index (χ3n) is 5.62. The molecule has 133 valence electrons. The van der Waals surface area contributed by atoms with Crippen LogP contribution in [0.4, 0.5) is 0 Å². The predicted molar refractivity (Wildman–Crippen MR) is 108 cm³/mol. The number of allylic oxidation sites excluding steroid dienone is 1. The van der Waals surface area contributed by atoms with E-state index < -0.39 is 0 Å². The van der Waals surface area contributed by atoms with E-state index >= 15 is 0 Å². The average molecular weight is 431 g/mol. The summed E-state index contributed by atoms with van der Waals surface area (Å²) in [6.07, 6.45) is 8.26. The first-order chi connectivity index (χ1) is 12.6. The summed E-state index contributed by atoms with van der Waals surface area (Å²) in [5, 5.41) is 0. The van der Waals surface area contributed by atoms with Gasteiger partial charge in [0.1, 0.15) is 11.5 Å². The van der Waals surface area contributed by atoms with Gasteiger partial charge in [0.25, 0.3) is 0 Å². The Hall–Kier alpha value is -1.66. The van der Waals surface area contributed by atoms with E-state index in [1.807, 2.05) is 13.0 Å². The van der Waals surface area contributed by atoms with Crippen molar-refractivity contribution in [3.05, 3.63) is 87.7 Å². The largest absolute Gasteiger partial charge is 0.462 e. The van der Waals surface area contributed by atoms with Crippen LogP contribution in [0.25, 0.3) is 22.8 Å². The van der Waals surface area contributed by atoms with Crippen molar-refractivity contribution in [3.63, 3.8) is 0 Å². The van der Waals surface area contributed by atoms with Gasteiger partial charge in [-0.2, -0.15) is 0 Å². The van der Waals surface area contributed by atoms with Gasteiger partial charge in [-0.15, -0.1) is 0 Å². The summed E-state index contributed by atoms with van der Waals surface area (Å²) in [5.41, 5.74) is 12.4. The zero-order valence-corrected chi connectivity index (χ0v) is 18.6. The summed E-state index contributed by atoms with van der Waals surface area (Å²) in [6.45, 7) is 6.39. The van der Waals surface area contributed by atoms with Crippen LogP contribution in [-0.2, 0) is 39.0 Å². The molecular formula is C25H23OZr. The van der Waals surface area contributed by atoms with Gasteiger partial charge in [-0.3, -0.25) is 0 Å². The standard InChI is InChI=1S/C25H23O.Zr/c1-15-9-16(2)11-21(10-15)25-22-6-4-5-18(22)12-19-13-20(14-23(19)25)24-8-7-17(3)26-24;/h7-14H,4-6H2,1-3H3;. The molecule has 5 rings (SSSR count). The Morgan fingerprint density at radius 3 is 2.37 bits per heavy atom. The van der Waals surface area contributed by atoms with E-state index in [2.05, 4.69) is 56.7 Å². The molecule has 0 unspecified atom stereocenters. The summed E-state index contributed by atoms with van der Waals surface area (Å²) in [7, 11) is 0. The van der Waals surface area contributed by atoms with Gasteiger partial charge in [0.2, 0.25) is 0 Å². The molecule has 1 heterocycles. The van der Waals surface area contributed by atoms with Crippen LogP contribution < -0.4 is 0 Å². The molecule has 0 saturated carbocycles. The van der Waals surface area contributed by atoms with Crippen molar-refractivity contribution in [1.29, 1.82) is 0 Å². The van der Waals surface area contributed by atoms with Crippen molar-refractivity contribution in [2.75, 3.05) is 0 Å². The normalized spacial score (nSPS) is 14.6. The molecule has 0 aliphatic heterocycles. The summed E-state index contributed by atoms with van der Waals surface area (Å²) < 4.78 is 5.88. The minimum Gasteiger partial charge on any atom is -0.462 e. The number of benzene rings is 2. The smallest absolute Gasteiger partial charge is 0.130 e. The molecule has 2 aliphatic rings. The fourth-order valence-corrected chi connectivity index (χ4v) is 4.60. The molecule has 0 saturated heterocycles. The molecule has 0 amide bonds. The van der Waals surface area contributed by atoms with Crippen LogP contribution in [0.15, 0.2) is 40.8 Å². The van der Waals surface area contributed by atoms with Crippen LogP contribution in [-0.4, -0.2) is 0 Å². The third-order valence-corrected chi connectivity index (χ3v) is 5.62. The van der Waals surface area contributed by atoms with E-state index in [0.717, 1.165) is 11.5 Å². The van der Waals surface area contributed by atoms with Gasteiger partial charge >= 0.3 is 0 Å². The maximum Gasteiger partial charge on any atom is 0.130 e. The molecule has 2 aliphatic carbocycles. The maximum absolute atomic E-state index is 5.88. The van der Waals surface area contributed by atoms with E-state index in [-0.39, 0.29) is 26.2 Å². The first kappa shape index (κ1) is 18.7. The van der Waals surface area contributed by atoms with Gasteiger partial charge in [0.15, 0.2) is 0 Å². The van der Waals surface area contributed by atoms with E-state index in [1.54, 1.807) is 5.56 Å². The second kappa shape index (κ2) is 7.06. The first-order valence-corrected chi connectivity index (χ1v) is 9.49. The van der Waals surface area contributed by atoms with Crippen molar-refractivity contribution in [2.24, 2.45) is 0 Å². The van der Waals surface area contributed by atoms with Crippen LogP contribution in [0.3, 0.4) is 0 Å². The fourth-order valence-electron chi connectivity index (χ4n) is 4.60. The number of hydrogen-bond acceptors (Lipinski definition) is 1. The molecule has 3 aromatic rings. The van der Waals surface area contributed by atoms with Gasteiger partial charge < -0.3 is 4.42 Å². The van der Waals surface area contributed by atoms with Crippen LogP contribution in [0.5, 0.6) is 0 Å². The fraction of sp³-hybridized carbons (Fsp3) is 0.240. The Morgan fingerprint density at radius 1 is 0.889 bits per heavy atom. The Bertz CT molecular complexity index is 1050. The Morgan fingerprint density at radius 2 is 1.67 bits per heavy atom. The zero-order chi connectivity index (χ0) is 17.8. The van der Waals surface area contributed by atoms with Crippen molar-refractivity contribution < 1.29 is 30.6 Å². The van der Waals surface area contributed by atoms with Gasteiger partial charge in [-0.1, -0.05) is 35.4 Å². The molecule has 1 aromatic heterocycles. The summed E-state index contributed by atoms with van der Waals surface area (Å²) in [5.74, 6) is 1.92. The van der Waals surface area contributed by atoms with Crippen LogP contribution in [0, 0.1) is 27.2 Å². The zero-order valence-electron chi connectivity index (χ0n) is 16.1. The van der Waals surface area contributed by atoms with Gasteiger partial charge in [0.05, 0.1) is 0 Å². The van der Waals surface area contributed by atoms with Gasteiger partial charge in [-0.25, -0.2) is 0 Å². The minimum atomic E-state index is 0.